The van der Waals surface area contributed by atoms with Gasteiger partial charge in [0, 0.05) is 5.69 Å². The quantitative estimate of drug-likeness (QED) is 0.836. The van der Waals surface area contributed by atoms with Crippen molar-refractivity contribution in [2.45, 2.75) is 33.1 Å². The molecule has 2 N–H and O–H groups in total. The molecular weight excluding hydrogens is 284 g/mol. The Morgan fingerprint density at radius 2 is 1.95 bits per heavy atom. The van der Waals surface area contributed by atoms with Gasteiger partial charge in [-0.1, -0.05) is 18.6 Å². The molecule has 0 aromatic heterocycles. The second-order valence-corrected chi connectivity index (χ2v) is 5.49. The maximum Gasteiger partial charge on any atom is 0.325 e. The summed E-state index contributed by atoms with van der Waals surface area (Å²) in [5.41, 5.74) is 2.61. The Balaban J connectivity index is 1.77. The van der Waals surface area contributed by atoms with Crippen LogP contribution in [0.4, 0.5) is 10.5 Å². The summed E-state index contributed by atoms with van der Waals surface area (Å²) in [5.74, 6) is -1.09. The molecule has 6 heteroatoms. The van der Waals surface area contributed by atoms with E-state index in [0.717, 1.165) is 30.4 Å². The molecule has 0 aliphatic heterocycles. The van der Waals surface area contributed by atoms with Crippen LogP contribution >= 0.6 is 0 Å². The predicted molar refractivity (Wildman–Crippen MR) is 81.4 cm³/mol. The van der Waals surface area contributed by atoms with E-state index in [1.165, 1.54) is 0 Å². The monoisotopic (exact) mass is 304 g/mol. The molecule has 0 radical (unpaired) electrons. The number of carbonyl (C=O) groups excluding carboxylic acids is 3. The van der Waals surface area contributed by atoms with Crippen molar-refractivity contribution in [3.8, 4) is 0 Å². The number of hydrogen-bond donors (Lipinski definition) is 2. The summed E-state index contributed by atoms with van der Waals surface area (Å²) >= 11 is 0. The highest BCUT2D eigenvalue weighted by Gasteiger charge is 2.27. The lowest BCUT2D eigenvalue weighted by Crippen LogP contribution is -2.38. The van der Waals surface area contributed by atoms with Crippen molar-refractivity contribution < 1.29 is 19.1 Å². The zero-order chi connectivity index (χ0) is 16.1. The molecule has 1 aliphatic carbocycles. The van der Waals surface area contributed by atoms with Crippen molar-refractivity contribution in [1.29, 1.82) is 0 Å². The second kappa shape index (κ2) is 7.06. The SMILES string of the molecule is Cc1cccc(NC(=O)NC(=O)COC(=O)C2CCC2)c1C. The van der Waals surface area contributed by atoms with Gasteiger partial charge < -0.3 is 10.1 Å². The molecule has 1 saturated carbocycles. The summed E-state index contributed by atoms with van der Waals surface area (Å²) in [6, 6.07) is 4.87. The van der Waals surface area contributed by atoms with Crippen molar-refractivity contribution >= 4 is 23.6 Å². The summed E-state index contributed by atoms with van der Waals surface area (Å²) in [6.45, 7) is 3.38. The maximum absolute atomic E-state index is 11.7. The van der Waals surface area contributed by atoms with Crippen LogP contribution in [0.3, 0.4) is 0 Å². The zero-order valence-electron chi connectivity index (χ0n) is 12.8. The standard InChI is InChI=1S/C16H20N2O4/c1-10-5-3-8-13(11(10)2)17-16(21)18-14(19)9-22-15(20)12-6-4-7-12/h3,5,8,12H,4,6-7,9H2,1-2H3,(H2,17,18,19,21). The van der Waals surface area contributed by atoms with Gasteiger partial charge in [-0.15, -0.1) is 0 Å². The van der Waals surface area contributed by atoms with Crippen LogP contribution in [0.15, 0.2) is 18.2 Å². The van der Waals surface area contributed by atoms with Gasteiger partial charge in [-0.25, -0.2) is 4.79 Å². The van der Waals surface area contributed by atoms with Gasteiger partial charge in [0.05, 0.1) is 5.92 Å². The van der Waals surface area contributed by atoms with E-state index in [2.05, 4.69) is 10.6 Å². The highest BCUT2D eigenvalue weighted by atomic mass is 16.5. The van der Waals surface area contributed by atoms with Gasteiger partial charge in [-0.2, -0.15) is 0 Å². The lowest BCUT2D eigenvalue weighted by Gasteiger charge is -2.22. The number of rotatable bonds is 4. The Labute approximate surface area is 129 Å². The number of anilines is 1. The van der Waals surface area contributed by atoms with E-state index in [1.807, 2.05) is 26.0 Å². The van der Waals surface area contributed by atoms with Crippen LogP contribution in [0.1, 0.15) is 30.4 Å². The number of esters is 1. The van der Waals surface area contributed by atoms with E-state index in [1.54, 1.807) is 6.07 Å². The van der Waals surface area contributed by atoms with E-state index in [4.69, 9.17) is 4.74 Å². The molecular formula is C16H20N2O4. The van der Waals surface area contributed by atoms with Gasteiger partial charge in [0.25, 0.3) is 5.91 Å². The largest absolute Gasteiger partial charge is 0.455 e. The molecule has 3 amide bonds. The Hall–Kier alpha value is -2.37. The van der Waals surface area contributed by atoms with Crippen LogP contribution in [0.5, 0.6) is 0 Å². The van der Waals surface area contributed by atoms with Crippen molar-refractivity contribution in [2.24, 2.45) is 5.92 Å². The highest BCUT2D eigenvalue weighted by molar-refractivity contribution is 6.02. The van der Waals surface area contributed by atoms with Crippen LogP contribution < -0.4 is 10.6 Å². The van der Waals surface area contributed by atoms with Crippen molar-refractivity contribution in [3.63, 3.8) is 0 Å². The number of aryl methyl sites for hydroxylation is 1. The number of carbonyl (C=O) groups is 3. The molecule has 0 heterocycles. The number of urea groups is 1. The summed E-state index contributed by atoms with van der Waals surface area (Å²) in [4.78, 5) is 34.8. The molecule has 6 nitrogen and oxygen atoms in total. The molecule has 0 unspecified atom stereocenters. The minimum absolute atomic E-state index is 0.0865. The second-order valence-electron chi connectivity index (χ2n) is 5.49. The topological polar surface area (TPSA) is 84.5 Å². The normalized spacial score (nSPS) is 13.9. The molecule has 1 aromatic rings. The Bertz CT molecular complexity index is 594. The third kappa shape index (κ3) is 4.07. The summed E-state index contributed by atoms with van der Waals surface area (Å²) in [7, 11) is 0. The molecule has 0 spiro atoms. The summed E-state index contributed by atoms with van der Waals surface area (Å²) < 4.78 is 4.87. The van der Waals surface area contributed by atoms with Gasteiger partial charge in [0.2, 0.25) is 0 Å². The average Bonchev–Trinajstić information content (AvgIpc) is 2.39. The number of benzene rings is 1. The smallest absolute Gasteiger partial charge is 0.325 e. The third-order valence-corrected chi connectivity index (χ3v) is 3.89. The van der Waals surface area contributed by atoms with Crippen LogP contribution in [0, 0.1) is 19.8 Å². The van der Waals surface area contributed by atoms with E-state index < -0.39 is 18.5 Å². The lowest BCUT2D eigenvalue weighted by atomic mass is 9.86. The molecule has 1 aromatic carbocycles. The van der Waals surface area contributed by atoms with E-state index in [-0.39, 0.29) is 11.9 Å². The predicted octanol–water partition coefficient (Wildman–Crippen LogP) is 2.29. The summed E-state index contributed by atoms with van der Waals surface area (Å²) in [5, 5.41) is 4.74. The fraction of sp³-hybridized carbons (Fsp3) is 0.438. The molecule has 118 valence electrons. The molecule has 0 atom stereocenters. The van der Waals surface area contributed by atoms with Gasteiger partial charge >= 0.3 is 12.0 Å². The van der Waals surface area contributed by atoms with Crippen molar-refractivity contribution in [3.05, 3.63) is 29.3 Å². The molecule has 2 rings (SSSR count). The van der Waals surface area contributed by atoms with Gasteiger partial charge in [0.15, 0.2) is 6.61 Å². The first-order chi connectivity index (χ1) is 10.5. The van der Waals surface area contributed by atoms with Crippen LogP contribution in [0.25, 0.3) is 0 Å². The fourth-order valence-electron chi connectivity index (χ4n) is 2.10. The first-order valence-electron chi connectivity index (χ1n) is 7.31. The minimum atomic E-state index is -0.643. The molecule has 1 aliphatic rings. The van der Waals surface area contributed by atoms with Crippen molar-refractivity contribution in [1.82, 2.24) is 5.32 Å². The average molecular weight is 304 g/mol. The maximum atomic E-state index is 11.7. The van der Waals surface area contributed by atoms with Gasteiger partial charge in [-0.05, 0) is 43.9 Å². The number of hydrogen-bond acceptors (Lipinski definition) is 4. The van der Waals surface area contributed by atoms with Crippen LogP contribution in [-0.4, -0.2) is 24.5 Å². The molecule has 22 heavy (non-hydrogen) atoms. The highest BCUT2D eigenvalue weighted by Crippen LogP contribution is 2.27. The van der Waals surface area contributed by atoms with E-state index in [0.29, 0.717) is 5.69 Å². The fourth-order valence-corrected chi connectivity index (χ4v) is 2.10. The Morgan fingerprint density at radius 1 is 1.23 bits per heavy atom. The lowest BCUT2D eigenvalue weighted by molar-refractivity contribution is -0.154. The van der Waals surface area contributed by atoms with Crippen molar-refractivity contribution in [2.75, 3.05) is 11.9 Å². The number of amides is 3. The molecule has 0 bridgehead atoms. The van der Waals surface area contributed by atoms with Crippen LogP contribution in [-0.2, 0) is 14.3 Å². The van der Waals surface area contributed by atoms with Crippen LogP contribution in [0.2, 0.25) is 0 Å². The third-order valence-electron chi connectivity index (χ3n) is 3.89. The number of ether oxygens (including phenoxy) is 1. The van der Waals surface area contributed by atoms with E-state index >= 15 is 0 Å². The van der Waals surface area contributed by atoms with Gasteiger partial charge in [0.1, 0.15) is 0 Å². The molecule has 1 fully saturated rings. The minimum Gasteiger partial charge on any atom is -0.455 e. The Morgan fingerprint density at radius 3 is 2.59 bits per heavy atom. The number of nitrogens with one attached hydrogen (secondary N) is 2. The van der Waals surface area contributed by atoms with E-state index in [9.17, 15) is 14.4 Å². The number of imide groups is 1. The van der Waals surface area contributed by atoms with Gasteiger partial charge in [-0.3, -0.25) is 14.9 Å². The first kappa shape index (κ1) is 16.0. The first-order valence-corrected chi connectivity index (χ1v) is 7.31. The Kier molecular flexibility index (Phi) is 5.14. The summed E-state index contributed by atoms with van der Waals surface area (Å²) in [6.07, 6.45) is 2.64. The molecule has 0 saturated heterocycles. The zero-order valence-corrected chi connectivity index (χ0v) is 12.8.